The fraction of sp³-hybridized carbons (Fsp3) is 0.778. The third-order valence-corrected chi connectivity index (χ3v) is 4.40. The molecule has 0 unspecified atom stereocenters. The molecule has 0 radical (unpaired) electrons. The van der Waals surface area contributed by atoms with E-state index in [2.05, 4.69) is 16.0 Å². The molecule has 0 aromatic rings. The highest BCUT2D eigenvalue weighted by Gasteiger charge is 2.46. The van der Waals surface area contributed by atoms with Crippen molar-refractivity contribution < 1.29 is 14.7 Å². The predicted octanol–water partition coefficient (Wildman–Crippen LogP) is -3.05. The number of aliphatic hydroxyl groups excluding tert-OH is 1. The molecule has 0 aliphatic carbocycles. The minimum atomic E-state index is -1.01. The van der Waals surface area contributed by atoms with Crippen LogP contribution in [0, 0.1) is 0 Å². The molecule has 2 amide bonds. The standard InChI is InChI=1S/C9H16N4O3S/c10-7(15)5(1-14)12-8(16)6-2-17-9(13-6)3-11-4-9/h5-6,11,13-14H,1-4H2,(H2,10,15)(H,12,16)/t5-,6-/m0/s1. The molecule has 0 bridgehead atoms. The van der Waals surface area contributed by atoms with Gasteiger partial charge in [-0.15, -0.1) is 11.8 Å². The number of amides is 2. The van der Waals surface area contributed by atoms with Crippen molar-refractivity contribution in [3.05, 3.63) is 0 Å². The molecule has 2 aliphatic rings. The zero-order valence-corrected chi connectivity index (χ0v) is 10.0. The number of primary amides is 1. The fourth-order valence-corrected chi connectivity index (χ4v) is 3.17. The molecule has 96 valence electrons. The summed E-state index contributed by atoms with van der Waals surface area (Å²) in [5.41, 5.74) is 5.04. The number of aliphatic hydroxyl groups is 1. The lowest BCUT2D eigenvalue weighted by Crippen LogP contribution is -2.66. The number of thioether (sulfide) groups is 1. The van der Waals surface area contributed by atoms with E-state index < -0.39 is 18.6 Å². The number of nitrogens with one attached hydrogen (secondary N) is 3. The summed E-state index contributed by atoms with van der Waals surface area (Å²) in [5, 5.41) is 17.7. The van der Waals surface area contributed by atoms with Gasteiger partial charge in [-0.25, -0.2) is 0 Å². The molecule has 0 aromatic heterocycles. The van der Waals surface area contributed by atoms with Crippen LogP contribution in [0.1, 0.15) is 0 Å². The first-order chi connectivity index (χ1) is 8.06. The average Bonchev–Trinajstić information content (AvgIpc) is 2.69. The number of rotatable bonds is 4. The molecule has 1 spiro atoms. The predicted molar refractivity (Wildman–Crippen MR) is 63.2 cm³/mol. The molecule has 2 heterocycles. The first-order valence-electron chi connectivity index (χ1n) is 5.39. The Hall–Kier alpha value is -0.830. The minimum Gasteiger partial charge on any atom is -0.394 e. The van der Waals surface area contributed by atoms with Gasteiger partial charge in [0.1, 0.15) is 6.04 Å². The fourth-order valence-electron chi connectivity index (χ4n) is 1.82. The molecule has 2 rings (SSSR count). The van der Waals surface area contributed by atoms with Crippen LogP contribution in [0.4, 0.5) is 0 Å². The Morgan fingerprint density at radius 1 is 1.59 bits per heavy atom. The van der Waals surface area contributed by atoms with E-state index in [9.17, 15) is 9.59 Å². The molecule has 0 aromatic carbocycles. The molecule has 6 N–H and O–H groups in total. The number of carbonyl (C=O) groups is 2. The van der Waals surface area contributed by atoms with E-state index in [1.54, 1.807) is 11.8 Å². The molecular formula is C9H16N4O3S. The van der Waals surface area contributed by atoms with Gasteiger partial charge >= 0.3 is 0 Å². The Morgan fingerprint density at radius 3 is 2.71 bits per heavy atom. The van der Waals surface area contributed by atoms with Crippen LogP contribution < -0.4 is 21.7 Å². The smallest absolute Gasteiger partial charge is 0.242 e. The van der Waals surface area contributed by atoms with Gasteiger partial charge in [0, 0.05) is 18.8 Å². The van der Waals surface area contributed by atoms with Gasteiger partial charge in [0.05, 0.1) is 17.5 Å². The Balaban J connectivity index is 1.86. The summed E-state index contributed by atoms with van der Waals surface area (Å²) in [7, 11) is 0. The molecule has 2 saturated heterocycles. The lowest BCUT2D eigenvalue weighted by atomic mass is 10.1. The molecule has 8 heteroatoms. The van der Waals surface area contributed by atoms with Crippen molar-refractivity contribution in [2.24, 2.45) is 5.73 Å². The maximum absolute atomic E-state index is 11.8. The quantitative estimate of drug-likeness (QED) is 0.367. The van der Waals surface area contributed by atoms with E-state index in [1.807, 2.05) is 0 Å². The van der Waals surface area contributed by atoms with E-state index in [0.717, 1.165) is 13.1 Å². The van der Waals surface area contributed by atoms with Crippen LogP contribution in [0.15, 0.2) is 0 Å². The van der Waals surface area contributed by atoms with E-state index >= 15 is 0 Å². The Bertz CT molecular complexity index is 334. The zero-order chi connectivity index (χ0) is 12.5. The van der Waals surface area contributed by atoms with Crippen LogP contribution in [-0.4, -0.2) is 59.3 Å². The van der Waals surface area contributed by atoms with Gasteiger partial charge in [0.2, 0.25) is 11.8 Å². The topological polar surface area (TPSA) is 116 Å². The van der Waals surface area contributed by atoms with Crippen LogP contribution in [0.2, 0.25) is 0 Å². The van der Waals surface area contributed by atoms with Crippen molar-refractivity contribution in [1.29, 1.82) is 0 Å². The summed E-state index contributed by atoms with van der Waals surface area (Å²) in [6, 6.07) is -1.35. The summed E-state index contributed by atoms with van der Waals surface area (Å²) in [5.74, 6) is -0.365. The Morgan fingerprint density at radius 2 is 2.29 bits per heavy atom. The normalized spacial score (nSPS) is 27.5. The molecule has 2 aliphatic heterocycles. The first-order valence-corrected chi connectivity index (χ1v) is 6.38. The Labute approximate surface area is 103 Å². The third kappa shape index (κ3) is 2.54. The summed E-state index contributed by atoms with van der Waals surface area (Å²) >= 11 is 1.70. The van der Waals surface area contributed by atoms with Gasteiger partial charge in [-0.05, 0) is 0 Å². The van der Waals surface area contributed by atoms with E-state index in [4.69, 9.17) is 10.8 Å². The van der Waals surface area contributed by atoms with Gasteiger partial charge in [0.25, 0.3) is 0 Å². The number of hydrogen-bond acceptors (Lipinski definition) is 6. The highest BCUT2D eigenvalue weighted by Crippen LogP contribution is 2.33. The molecular weight excluding hydrogens is 244 g/mol. The maximum atomic E-state index is 11.8. The molecule has 2 fully saturated rings. The van der Waals surface area contributed by atoms with Crippen LogP contribution in [0.3, 0.4) is 0 Å². The number of carbonyl (C=O) groups excluding carboxylic acids is 2. The van der Waals surface area contributed by atoms with Crippen molar-refractivity contribution in [2.75, 3.05) is 25.4 Å². The van der Waals surface area contributed by atoms with Gasteiger partial charge < -0.3 is 21.5 Å². The van der Waals surface area contributed by atoms with E-state index in [-0.39, 0.29) is 16.8 Å². The van der Waals surface area contributed by atoms with Gasteiger partial charge in [-0.1, -0.05) is 0 Å². The summed E-state index contributed by atoms with van der Waals surface area (Å²) in [6.45, 7) is 1.19. The summed E-state index contributed by atoms with van der Waals surface area (Å²) in [6.07, 6.45) is 0. The maximum Gasteiger partial charge on any atom is 0.242 e. The third-order valence-electron chi connectivity index (χ3n) is 2.94. The van der Waals surface area contributed by atoms with Gasteiger partial charge in [0.15, 0.2) is 0 Å². The number of hydrogen-bond donors (Lipinski definition) is 5. The van der Waals surface area contributed by atoms with Crippen molar-refractivity contribution in [3.8, 4) is 0 Å². The monoisotopic (exact) mass is 260 g/mol. The lowest BCUT2D eigenvalue weighted by molar-refractivity contribution is -0.129. The largest absolute Gasteiger partial charge is 0.394 e. The van der Waals surface area contributed by atoms with Crippen molar-refractivity contribution in [1.82, 2.24) is 16.0 Å². The minimum absolute atomic E-state index is 0.0383. The highest BCUT2D eigenvalue weighted by molar-refractivity contribution is 8.01. The second kappa shape index (κ2) is 4.81. The Kier molecular flexibility index (Phi) is 3.57. The SMILES string of the molecule is NC(=O)[C@H](CO)NC(=O)[C@@H]1CSC2(CNC2)N1. The molecule has 2 atom stereocenters. The second-order valence-electron chi connectivity index (χ2n) is 4.25. The van der Waals surface area contributed by atoms with Crippen LogP contribution >= 0.6 is 11.8 Å². The van der Waals surface area contributed by atoms with E-state index in [0.29, 0.717) is 5.75 Å². The van der Waals surface area contributed by atoms with Crippen molar-refractivity contribution in [3.63, 3.8) is 0 Å². The van der Waals surface area contributed by atoms with E-state index in [1.165, 1.54) is 0 Å². The van der Waals surface area contributed by atoms with Crippen LogP contribution in [0.25, 0.3) is 0 Å². The first kappa shape index (κ1) is 12.6. The molecule has 17 heavy (non-hydrogen) atoms. The van der Waals surface area contributed by atoms with Gasteiger partial charge in [-0.2, -0.15) is 0 Å². The highest BCUT2D eigenvalue weighted by atomic mass is 32.2. The summed E-state index contributed by atoms with van der Waals surface area (Å²) < 4.78 is 0. The van der Waals surface area contributed by atoms with Crippen molar-refractivity contribution >= 4 is 23.6 Å². The summed E-state index contributed by atoms with van der Waals surface area (Å²) in [4.78, 5) is 22.7. The molecule has 7 nitrogen and oxygen atoms in total. The van der Waals surface area contributed by atoms with Gasteiger partial charge in [-0.3, -0.25) is 14.9 Å². The lowest BCUT2D eigenvalue weighted by Gasteiger charge is -2.38. The van der Waals surface area contributed by atoms with Crippen molar-refractivity contribution in [2.45, 2.75) is 17.0 Å². The average molecular weight is 260 g/mol. The second-order valence-corrected chi connectivity index (χ2v) is 5.66. The van der Waals surface area contributed by atoms with Crippen LogP contribution in [0.5, 0.6) is 0 Å². The molecule has 0 saturated carbocycles. The zero-order valence-electron chi connectivity index (χ0n) is 9.23. The van der Waals surface area contributed by atoms with Crippen LogP contribution in [-0.2, 0) is 9.59 Å². The number of nitrogens with two attached hydrogens (primary N) is 1.